The number of hydrogen-bond donors (Lipinski definition) is 1. The quantitative estimate of drug-likeness (QED) is 0.414. The SMILES string of the molecule is Cc1cc(Cl)ccc1OCc1cccc(-c2nc(-c3ccc(OCC(N)=O)cc3)no2)c1. The number of aryl methyl sites for hydroxylation is 1. The number of primary amides is 1. The van der Waals surface area contributed by atoms with Crippen molar-refractivity contribution in [2.75, 3.05) is 6.61 Å². The van der Waals surface area contributed by atoms with Gasteiger partial charge < -0.3 is 19.7 Å². The molecule has 0 unspecified atom stereocenters. The lowest BCUT2D eigenvalue weighted by atomic mass is 10.1. The number of hydrogen-bond acceptors (Lipinski definition) is 6. The first kappa shape index (κ1) is 21.4. The first-order valence-electron chi connectivity index (χ1n) is 9.81. The van der Waals surface area contributed by atoms with Gasteiger partial charge in [0.2, 0.25) is 5.82 Å². The normalized spacial score (nSPS) is 10.7. The summed E-state index contributed by atoms with van der Waals surface area (Å²) < 4.78 is 16.6. The Labute approximate surface area is 189 Å². The van der Waals surface area contributed by atoms with Gasteiger partial charge in [0.05, 0.1) is 0 Å². The van der Waals surface area contributed by atoms with Crippen LogP contribution in [0.1, 0.15) is 11.1 Å². The highest BCUT2D eigenvalue weighted by atomic mass is 35.5. The maximum absolute atomic E-state index is 10.8. The molecule has 7 nitrogen and oxygen atoms in total. The van der Waals surface area contributed by atoms with Crippen molar-refractivity contribution >= 4 is 17.5 Å². The van der Waals surface area contributed by atoms with Gasteiger partial charge in [0.25, 0.3) is 11.8 Å². The molecule has 0 aliphatic heterocycles. The van der Waals surface area contributed by atoms with E-state index in [2.05, 4.69) is 10.1 Å². The fourth-order valence-corrected chi connectivity index (χ4v) is 3.27. The van der Waals surface area contributed by atoms with E-state index in [0.29, 0.717) is 29.1 Å². The lowest BCUT2D eigenvalue weighted by Gasteiger charge is -2.09. The summed E-state index contributed by atoms with van der Waals surface area (Å²) in [6.07, 6.45) is 0. The molecule has 4 rings (SSSR count). The fraction of sp³-hybridized carbons (Fsp3) is 0.125. The monoisotopic (exact) mass is 449 g/mol. The molecule has 0 spiro atoms. The highest BCUT2D eigenvalue weighted by molar-refractivity contribution is 6.30. The van der Waals surface area contributed by atoms with Crippen LogP contribution in [0.3, 0.4) is 0 Å². The van der Waals surface area contributed by atoms with Gasteiger partial charge >= 0.3 is 0 Å². The van der Waals surface area contributed by atoms with Gasteiger partial charge in [-0.05, 0) is 72.6 Å². The van der Waals surface area contributed by atoms with Gasteiger partial charge in [-0.15, -0.1) is 0 Å². The van der Waals surface area contributed by atoms with Gasteiger partial charge in [-0.1, -0.05) is 28.9 Å². The lowest BCUT2D eigenvalue weighted by molar-refractivity contribution is -0.119. The largest absolute Gasteiger partial charge is 0.489 e. The summed E-state index contributed by atoms with van der Waals surface area (Å²) in [5, 5.41) is 4.74. The molecule has 0 aliphatic rings. The molecular weight excluding hydrogens is 430 g/mol. The maximum Gasteiger partial charge on any atom is 0.258 e. The van der Waals surface area contributed by atoms with Gasteiger partial charge in [-0.3, -0.25) is 4.79 Å². The number of rotatable bonds is 8. The predicted octanol–water partition coefficient (Wildman–Crippen LogP) is 4.81. The zero-order valence-corrected chi connectivity index (χ0v) is 18.0. The van der Waals surface area contributed by atoms with Crippen molar-refractivity contribution in [2.24, 2.45) is 5.73 Å². The van der Waals surface area contributed by atoms with E-state index in [9.17, 15) is 4.79 Å². The molecule has 0 saturated carbocycles. The molecular formula is C24H20ClN3O4. The van der Waals surface area contributed by atoms with Crippen LogP contribution in [-0.4, -0.2) is 22.7 Å². The van der Waals surface area contributed by atoms with Crippen LogP contribution in [0.5, 0.6) is 11.5 Å². The summed E-state index contributed by atoms with van der Waals surface area (Å²) in [4.78, 5) is 15.3. The van der Waals surface area contributed by atoms with Gasteiger partial charge in [0, 0.05) is 16.1 Å². The average Bonchev–Trinajstić information content (AvgIpc) is 3.28. The molecule has 3 aromatic carbocycles. The minimum absolute atomic E-state index is 0.177. The molecule has 0 fully saturated rings. The standard InChI is InChI=1S/C24H20ClN3O4/c1-15-11-19(25)7-10-21(15)31-13-16-3-2-4-18(12-16)24-27-23(28-32-24)17-5-8-20(9-6-17)30-14-22(26)29/h2-12H,13-14H2,1H3,(H2,26,29). The van der Waals surface area contributed by atoms with E-state index < -0.39 is 5.91 Å². The highest BCUT2D eigenvalue weighted by Gasteiger charge is 2.12. The molecule has 2 N–H and O–H groups in total. The molecule has 0 aliphatic carbocycles. The lowest BCUT2D eigenvalue weighted by Crippen LogP contribution is -2.19. The van der Waals surface area contributed by atoms with Crippen molar-refractivity contribution < 1.29 is 18.8 Å². The van der Waals surface area contributed by atoms with E-state index in [-0.39, 0.29) is 6.61 Å². The van der Waals surface area contributed by atoms with Crippen molar-refractivity contribution in [3.63, 3.8) is 0 Å². The van der Waals surface area contributed by atoms with Gasteiger partial charge in [-0.25, -0.2) is 0 Å². The molecule has 1 aromatic heterocycles. The highest BCUT2D eigenvalue weighted by Crippen LogP contribution is 2.26. The van der Waals surface area contributed by atoms with Gasteiger partial charge in [0.1, 0.15) is 18.1 Å². The number of benzene rings is 3. The zero-order valence-electron chi connectivity index (χ0n) is 17.2. The van der Waals surface area contributed by atoms with Crippen molar-refractivity contribution in [3.8, 4) is 34.3 Å². The second-order valence-electron chi connectivity index (χ2n) is 7.10. The molecule has 1 amide bonds. The Bertz CT molecular complexity index is 1240. The smallest absolute Gasteiger partial charge is 0.258 e. The maximum atomic E-state index is 10.8. The summed E-state index contributed by atoms with van der Waals surface area (Å²) in [5.74, 6) is 1.62. The first-order chi connectivity index (χ1) is 15.5. The van der Waals surface area contributed by atoms with E-state index in [4.69, 9.17) is 31.3 Å². The Hall–Kier alpha value is -3.84. The number of nitrogens with zero attached hydrogens (tertiary/aromatic N) is 2. The van der Waals surface area contributed by atoms with Crippen LogP contribution >= 0.6 is 11.6 Å². The number of aromatic nitrogens is 2. The molecule has 0 radical (unpaired) electrons. The molecule has 1 heterocycles. The first-order valence-corrected chi connectivity index (χ1v) is 10.2. The number of ether oxygens (including phenoxy) is 2. The van der Waals surface area contributed by atoms with E-state index >= 15 is 0 Å². The molecule has 8 heteroatoms. The number of halogens is 1. The second-order valence-corrected chi connectivity index (χ2v) is 7.54. The minimum atomic E-state index is -0.534. The summed E-state index contributed by atoms with van der Waals surface area (Å²) >= 11 is 6.00. The third kappa shape index (κ3) is 5.25. The Morgan fingerprint density at radius 2 is 1.84 bits per heavy atom. The van der Waals surface area contributed by atoms with Crippen LogP contribution in [0.4, 0.5) is 0 Å². The average molecular weight is 450 g/mol. The van der Waals surface area contributed by atoms with Crippen molar-refractivity contribution in [2.45, 2.75) is 13.5 Å². The van der Waals surface area contributed by atoms with Crippen molar-refractivity contribution in [1.82, 2.24) is 10.1 Å². The van der Waals surface area contributed by atoms with E-state index in [1.165, 1.54) is 0 Å². The van der Waals surface area contributed by atoms with Gasteiger partial charge in [-0.2, -0.15) is 4.98 Å². The molecule has 0 bridgehead atoms. The number of nitrogens with two attached hydrogens (primary N) is 1. The van der Waals surface area contributed by atoms with E-state index in [1.54, 1.807) is 30.3 Å². The number of carbonyl (C=O) groups excluding carboxylic acids is 1. The van der Waals surface area contributed by atoms with Crippen molar-refractivity contribution in [3.05, 3.63) is 82.9 Å². The molecule has 0 saturated heterocycles. The third-order valence-corrected chi connectivity index (χ3v) is 4.86. The second kappa shape index (κ2) is 9.53. The van der Waals surface area contributed by atoms with Crippen LogP contribution in [0.25, 0.3) is 22.8 Å². The van der Waals surface area contributed by atoms with Crippen LogP contribution in [0.15, 0.2) is 71.3 Å². The van der Waals surface area contributed by atoms with Crippen LogP contribution in [0.2, 0.25) is 5.02 Å². The Morgan fingerprint density at radius 3 is 2.59 bits per heavy atom. The zero-order chi connectivity index (χ0) is 22.5. The predicted molar refractivity (Wildman–Crippen MR) is 120 cm³/mol. The van der Waals surface area contributed by atoms with E-state index in [0.717, 1.165) is 28.0 Å². The Morgan fingerprint density at radius 1 is 1.03 bits per heavy atom. The minimum Gasteiger partial charge on any atom is -0.489 e. The molecule has 162 valence electrons. The number of carbonyl (C=O) groups is 1. The van der Waals surface area contributed by atoms with Crippen LogP contribution in [0, 0.1) is 6.92 Å². The topological polar surface area (TPSA) is 100 Å². The molecule has 4 aromatic rings. The summed E-state index contributed by atoms with van der Waals surface area (Å²) in [5.41, 5.74) is 8.56. The number of amides is 1. The van der Waals surface area contributed by atoms with Gasteiger partial charge in [0.15, 0.2) is 6.61 Å². The fourth-order valence-electron chi connectivity index (χ4n) is 3.04. The molecule has 0 atom stereocenters. The third-order valence-electron chi connectivity index (χ3n) is 4.62. The summed E-state index contributed by atoms with van der Waals surface area (Å²) in [6, 6.07) is 20.2. The Balaban J connectivity index is 1.45. The van der Waals surface area contributed by atoms with E-state index in [1.807, 2.05) is 43.3 Å². The summed E-state index contributed by atoms with van der Waals surface area (Å²) in [6.45, 7) is 2.17. The van der Waals surface area contributed by atoms with Crippen molar-refractivity contribution in [1.29, 1.82) is 0 Å². The molecule has 32 heavy (non-hydrogen) atoms. The summed E-state index contributed by atoms with van der Waals surface area (Å²) in [7, 11) is 0. The van der Waals surface area contributed by atoms with Crippen LogP contribution in [-0.2, 0) is 11.4 Å². The Kier molecular flexibility index (Phi) is 6.37. The van der Waals surface area contributed by atoms with Crippen LogP contribution < -0.4 is 15.2 Å².